The van der Waals surface area contributed by atoms with E-state index < -0.39 is 17.8 Å². The van der Waals surface area contributed by atoms with Gasteiger partial charge in [0.2, 0.25) is 12.2 Å². The van der Waals surface area contributed by atoms with E-state index in [0.29, 0.717) is 25.2 Å². The van der Waals surface area contributed by atoms with E-state index >= 15 is 0 Å². The van der Waals surface area contributed by atoms with Gasteiger partial charge in [-0.25, -0.2) is 0 Å². The van der Waals surface area contributed by atoms with E-state index in [1.165, 1.54) is 6.92 Å². The van der Waals surface area contributed by atoms with Crippen LogP contribution in [0.4, 0.5) is 5.69 Å². The third-order valence-corrected chi connectivity index (χ3v) is 4.35. The quantitative estimate of drug-likeness (QED) is 0.739. The fourth-order valence-corrected chi connectivity index (χ4v) is 3.44. The Hall–Kier alpha value is -2.50. The predicted octanol–water partition coefficient (Wildman–Crippen LogP) is 1.75. The van der Waals surface area contributed by atoms with Gasteiger partial charge < -0.3 is 14.2 Å². The van der Waals surface area contributed by atoms with Crippen LogP contribution in [-0.2, 0) is 19.1 Å². The Bertz CT molecular complexity index is 698. The van der Waals surface area contributed by atoms with Crippen molar-refractivity contribution < 1.29 is 23.8 Å². The van der Waals surface area contributed by atoms with Crippen LogP contribution in [-0.4, -0.2) is 30.3 Å². The van der Waals surface area contributed by atoms with Crippen molar-refractivity contribution in [1.29, 1.82) is 0 Å². The lowest BCUT2D eigenvalue weighted by atomic mass is 9.85. The largest absolute Gasteiger partial charge is 0.489 e. The number of esters is 1. The Morgan fingerprint density at radius 2 is 2.23 bits per heavy atom. The Morgan fingerprint density at radius 3 is 3.05 bits per heavy atom. The maximum atomic E-state index is 12.5. The standard InChI is InChI=1S/C16H15NO5/c1-10(18)22-15-7-16-9-21-13-5-3-2-4-12(13)17(16)14(19)6-11(16)8-20-15/h2-5,8,15H,6-7,9H2,1H3. The molecule has 0 bridgehead atoms. The number of benzene rings is 1. The Balaban J connectivity index is 1.77. The van der Waals surface area contributed by atoms with Crippen molar-refractivity contribution in [3.05, 3.63) is 36.1 Å². The van der Waals surface area contributed by atoms with Crippen LogP contribution in [0, 0.1) is 0 Å². The van der Waals surface area contributed by atoms with Gasteiger partial charge in [-0.15, -0.1) is 0 Å². The highest BCUT2D eigenvalue weighted by molar-refractivity contribution is 6.03. The number of hydrogen-bond donors (Lipinski definition) is 0. The van der Waals surface area contributed by atoms with Gasteiger partial charge in [0.1, 0.15) is 17.9 Å². The van der Waals surface area contributed by atoms with Crippen molar-refractivity contribution in [3.63, 3.8) is 0 Å². The van der Waals surface area contributed by atoms with E-state index in [2.05, 4.69) is 0 Å². The van der Waals surface area contributed by atoms with Crippen LogP contribution in [0.25, 0.3) is 0 Å². The molecule has 3 aliphatic rings. The topological polar surface area (TPSA) is 65.1 Å². The lowest BCUT2D eigenvalue weighted by Crippen LogP contribution is -2.57. The van der Waals surface area contributed by atoms with Crippen molar-refractivity contribution in [2.24, 2.45) is 0 Å². The summed E-state index contributed by atoms with van der Waals surface area (Å²) < 4.78 is 16.5. The van der Waals surface area contributed by atoms with Crippen LogP contribution in [0.2, 0.25) is 0 Å². The third-order valence-electron chi connectivity index (χ3n) is 4.35. The Morgan fingerprint density at radius 1 is 1.41 bits per heavy atom. The van der Waals surface area contributed by atoms with Crippen LogP contribution >= 0.6 is 0 Å². The molecule has 1 amide bonds. The minimum absolute atomic E-state index is 0.00840. The third kappa shape index (κ3) is 1.73. The predicted molar refractivity (Wildman–Crippen MR) is 76.1 cm³/mol. The van der Waals surface area contributed by atoms with Gasteiger partial charge >= 0.3 is 5.97 Å². The maximum absolute atomic E-state index is 12.5. The monoisotopic (exact) mass is 301 g/mol. The van der Waals surface area contributed by atoms with Crippen molar-refractivity contribution in [2.75, 3.05) is 11.5 Å². The van der Waals surface area contributed by atoms with Crippen molar-refractivity contribution >= 4 is 17.6 Å². The number of carbonyl (C=O) groups excluding carboxylic acids is 2. The summed E-state index contributed by atoms with van der Waals surface area (Å²) in [5.74, 6) is 0.290. The molecule has 4 rings (SSSR count). The average Bonchev–Trinajstić information content (AvgIpc) is 2.79. The second kappa shape index (κ2) is 4.50. The van der Waals surface area contributed by atoms with Gasteiger partial charge in [0.05, 0.1) is 24.8 Å². The zero-order valence-electron chi connectivity index (χ0n) is 12.1. The minimum atomic E-state index is -0.705. The molecule has 1 saturated heterocycles. The smallest absolute Gasteiger partial charge is 0.305 e. The number of para-hydroxylation sites is 2. The van der Waals surface area contributed by atoms with E-state index in [9.17, 15) is 9.59 Å². The molecule has 2 atom stereocenters. The normalized spacial score (nSPS) is 28.6. The van der Waals surface area contributed by atoms with E-state index in [0.717, 1.165) is 11.3 Å². The molecule has 1 spiro atoms. The van der Waals surface area contributed by atoms with Gasteiger partial charge in [0, 0.05) is 12.5 Å². The molecule has 22 heavy (non-hydrogen) atoms. The summed E-state index contributed by atoms with van der Waals surface area (Å²) in [6.45, 7) is 1.67. The van der Waals surface area contributed by atoms with E-state index in [1.54, 1.807) is 11.2 Å². The van der Waals surface area contributed by atoms with Gasteiger partial charge in [-0.1, -0.05) is 12.1 Å². The fourth-order valence-electron chi connectivity index (χ4n) is 3.44. The Labute approximate surface area is 127 Å². The lowest BCUT2D eigenvalue weighted by molar-refractivity contribution is -0.172. The molecule has 3 aliphatic heterocycles. The SMILES string of the molecule is CC(=O)OC1CC23COc4ccccc4N2C(=O)CC3=CO1. The van der Waals surface area contributed by atoms with Gasteiger partial charge in [-0.2, -0.15) is 0 Å². The maximum Gasteiger partial charge on any atom is 0.305 e. The molecule has 0 radical (unpaired) electrons. The number of anilines is 1. The number of ether oxygens (including phenoxy) is 3. The van der Waals surface area contributed by atoms with Gasteiger partial charge in [-0.05, 0) is 12.1 Å². The van der Waals surface area contributed by atoms with E-state index in [1.807, 2.05) is 24.3 Å². The highest BCUT2D eigenvalue weighted by Crippen LogP contribution is 2.50. The van der Waals surface area contributed by atoms with Crippen LogP contribution < -0.4 is 9.64 Å². The summed E-state index contributed by atoms with van der Waals surface area (Å²) in [5.41, 5.74) is 1.00. The summed E-state index contributed by atoms with van der Waals surface area (Å²) in [4.78, 5) is 25.5. The summed E-state index contributed by atoms with van der Waals surface area (Å²) in [6.07, 6.45) is 1.51. The molecule has 6 nitrogen and oxygen atoms in total. The number of amides is 1. The first-order valence-electron chi connectivity index (χ1n) is 7.17. The summed E-state index contributed by atoms with van der Waals surface area (Å²) in [7, 11) is 0. The van der Waals surface area contributed by atoms with Gasteiger partial charge in [0.15, 0.2) is 0 Å². The molecule has 1 aromatic carbocycles. The van der Waals surface area contributed by atoms with Crippen molar-refractivity contribution in [1.82, 2.24) is 0 Å². The number of hydrogen-bond acceptors (Lipinski definition) is 5. The molecule has 3 heterocycles. The number of carbonyl (C=O) groups is 2. The highest BCUT2D eigenvalue weighted by atomic mass is 16.7. The van der Waals surface area contributed by atoms with Crippen molar-refractivity contribution in [2.45, 2.75) is 31.6 Å². The van der Waals surface area contributed by atoms with Gasteiger partial charge in [-0.3, -0.25) is 14.5 Å². The zero-order chi connectivity index (χ0) is 15.3. The van der Waals surface area contributed by atoms with E-state index in [4.69, 9.17) is 14.2 Å². The van der Waals surface area contributed by atoms with Crippen LogP contribution in [0.15, 0.2) is 36.1 Å². The number of fused-ring (bicyclic) bond motifs is 2. The molecule has 0 aliphatic carbocycles. The molecule has 0 saturated carbocycles. The fraction of sp³-hybridized carbons (Fsp3) is 0.375. The molecular weight excluding hydrogens is 286 g/mol. The zero-order valence-corrected chi connectivity index (χ0v) is 12.1. The summed E-state index contributed by atoms with van der Waals surface area (Å²) in [6, 6.07) is 7.46. The summed E-state index contributed by atoms with van der Waals surface area (Å²) >= 11 is 0. The highest BCUT2D eigenvalue weighted by Gasteiger charge is 2.57. The first-order chi connectivity index (χ1) is 10.6. The molecule has 2 unspecified atom stereocenters. The molecular formula is C16H15NO5. The van der Waals surface area contributed by atoms with Crippen LogP contribution in [0.1, 0.15) is 19.8 Å². The number of rotatable bonds is 1. The average molecular weight is 301 g/mol. The first-order valence-corrected chi connectivity index (χ1v) is 7.17. The van der Waals surface area contributed by atoms with Crippen LogP contribution in [0.3, 0.4) is 0 Å². The second-order valence-corrected chi connectivity index (χ2v) is 5.72. The number of nitrogens with zero attached hydrogens (tertiary/aromatic N) is 1. The first kappa shape index (κ1) is 13.2. The molecule has 0 aromatic heterocycles. The molecule has 1 fully saturated rings. The molecule has 114 valence electrons. The van der Waals surface area contributed by atoms with Gasteiger partial charge in [0.25, 0.3) is 0 Å². The van der Waals surface area contributed by atoms with Crippen molar-refractivity contribution in [3.8, 4) is 5.75 Å². The Kier molecular flexibility index (Phi) is 2.69. The minimum Gasteiger partial charge on any atom is -0.489 e. The lowest BCUT2D eigenvalue weighted by Gasteiger charge is -2.45. The molecule has 1 aromatic rings. The second-order valence-electron chi connectivity index (χ2n) is 5.72. The van der Waals surface area contributed by atoms with Crippen LogP contribution in [0.5, 0.6) is 5.75 Å². The molecule has 6 heteroatoms. The molecule has 0 N–H and O–H groups in total. The summed E-state index contributed by atoms with van der Waals surface area (Å²) in [5, 5.41) is 0. The van der Waals surface area contributed by atoms with E-state index in [-0.39, 0.29) is 5.91 Å².